The molecule has 0 fully saturated rings. The van der Waals surface area contributed by atoms with Crippen LogP contribution >= 0.6 is 0 Å². The topological polar surface area (TPSA) is 56.5 Å². The van der Waals surface area contributed by atoms with Gasteiger partial charge in [0, 0.05) is 27.3 Å². The number of carbonyl (C=O) groups is 2. The predicted octanol–water partition coefficient (Wildman–Crippen LogP) is 1.63. The van der Waals surface area contributed by atoms with Gasteiger partial charge in [0.05, 0.1) is 17.1 Å². The number of carbonyl (C=O) groups excluding carboxylic acids is 2. The van der Waals surface area contributed by atoms with E-state index in [2.05, 4.69) is 0 Å². The fraction of sp³-hybridized carbons (Fsp3) is 0.467. The Morgan fingerprint density at radius 1 is 1.29 bits per heavy atom. The predicted molar refractivity (Wildman–Crippen MR) is 80.2 cm³/mol. The molecule has 0 bridgehead atoms. The maximum atomic E-state index is 12.2. The summed E-state index contributed by atoms with van der Waals surface area (Å²) in [6, 6.07) is 3.66. The molecule has 2 heterocycles. The Bertz CT molecular complexity index is 680. The number of hydrogen-bond donors (Lipinski definition) is 0. The first kappa shape index (κ1) is 15.2. The second-order valence-corrected chi connectivity index (χ2v) is 5.56. The Balaban J connectivity index is 2.48. The molecule has 0 radical (unpaired) electrons. The Labute approximate surface area is 123 Å². The van der Waals surface area contributed by atoms with Gasteiger partial charge in [-0.3, -0.25) is 4.79 Å². The summed E-state index contributed by atoms with van der Waals surface area (Å²) in [5, 5.41) is 0. The number of likely N-dealkylation sites (N-methyl/N-ethyl adjacent to an activating group) is 1. The number of aryl methyl sites for hydroxylation is 1. The van der Waals surface area contributed by atoms with Gasteiger partial charge in [-0.2, -0.15) is 0 Å². The number of amides is 1. The highest BCUT2D eigenvalue weighted by molar-refractivity contribution is 5.96. The van der Waals surface area contributed by atoms with Gasteiger partial charge in [-0.25, -0.2) is 4.79 Å². The number of esters is 1. The van der Waals surface area contributed by atoms with Crippen molar-refractivity contribution in [3.8, 4) is 0 Å². The molecule has 2 rings (SSSR count). The van der Waals surface area contributed by atoms with Crippen LogP contribution in [-0.4, -0.2) is 46.1 Å². The van der Waals surface area contributed by atoms with Crippen LogP contribution in [0, 0.1) is 0 Å². The van der Waals surface area contributed by atoms with Gasteiger partial charge >= 0.3 is 5.97 Å². The summed E-state index contributed by atoms with van der Waals surface area (Å²) in [4.78, 5) is 25.7. The second kappa shape index (κ2) is 5.63. The molecule has 6 heteroatoms. The molecule has 0 atom stereocenters. The number of fused-ring (bicyclic) bond motifs is 1. The number of aromatic nitrogens is 2. The van der Waals surface area contributed by atoms with Gasteiger partial charge in [0.15, 0.2) is 0 Å². The highest BCUT2D eigenvalue weighted by Gasteiger charge is 2.21. The molecule has 1 amide bonds. The maximum Gasteiger partial charge on any atom is 0.355 e. The van der Waals surface area contributed by atoms with Crippen molar-refractivity contribution in [2.75, 3.05) is 14.1 Å². The van der Waals surface area contributed by atoms with Crippen molar-refractivity contribution in [2.45, 2.75) is 26.5 Å². The summed E-state index contributed by atoms with van der Waals surface area (Å²) in [5.74, 6) is -0.484. The largest absolute Gasteiger partial charge is 0.458 e. The highest BCUT2D eigenvalue weighted by atomic mass is 16.5. The molecule has 114 valence electrons. The summed E-state index contributed by atoms with van der Waals surface area (Å²) in [6.45, 7) is 3.72. The fourth-order valence-corrected chi connectivity index (χ4v) is 2.16. The third kappa shape index (κ3) is 2.94. The molecule has 0 aliphatic rings. The first-order valence-corrected chi connectivity index (χ1v) is 6.87. The molecule has 0 N–H and O–H groups in total. The minimum absolute atomic E-state index is 0.0741. The first-order chi connectivity index (χ1) is 9.81. The quantitative estimate of drug-likeness (QED) is 0.805. The molecule has 0 spiro atoms. The Hall–Kier alpha value is -2.24. The van der Waals surface area contributed by atoms with E-state index in [1.165, 1.54) is 4.90 Å². The van der Waals surface area contributed by atoms with Gasteiger partial charge < -0.3 is 18.8 Å². The summed E-state index contributed by atoms with van der Waals surface area (Å²) in [5.41, 5.74) is 2.15. The van der Waals surface area contributed by atoms with Gasteiger partial charge in [-0.15, -0.1) is 0 Å². The van der Waals surface area contributed by atoms with E-state index in [1.54, 1.807) is 38.6 Å². The van der Waals surface area contributed by atoms with Crippen LogP contribution < -0.4 is 0 Å². The van der Waals surface area contributed by atoms with E-state index in [4.69, 9.17) is 4.74 Å². The first-order valence-electron chi connectivity index (χ1n) is 6.87. The lowest BCUT2D eigenvalue weighted by molar-refractivity contribution is -0.129. The Morgan fingerprint density at radius 3 is 2.52 bits per heavy atom. The van der Waals surface area contributed by atoms with Crippen LogP contribution in [0.1, 0.15) is 24.3 Å². The van der Waals surface area contributed by atoms with Crippen molar-refractivity contribution in [1.82, 2.24) is 14.0 Å². The van der Waals surface area contributed by atoms with E-state index in [1.807, 2.05) is 23.9 Å². The lowest BCUT2D eigenvalue weighted by atomic mass is 10.4. The molecule has 2 aromatic heterocycles. The normalized spacial score (nSPS) is 11.1. The minimum Gasteiger partial charge on any atom is -0.458 e. The fourth-order valence-electron chi connectivity index (χ4n) is 2.16. The molecular formula is C15H21N3O3. The minimum atomic E-state index is -0.409. The number of rotatable bonds is 4. The van der Waals surface area contributed by atoms with Crippen molar-refractivity contribution in [3.63, 3.8) is 0 Å². The molecule has 0 unspecified atom stereocenters. The Kier molecular flexibility index (Phi) is 4.06. The summed E-state index contributed by atoms with van der Waals surface area (Å²) < 4.78 is 8.89. The molecule has 0 saturated carbocycles. The Morgan fingerprint density at radius 2 is 1.95 bits per heavy atom. The van der Waals surface area contributed by atoms with E-state index in [9.17, 15) is 9.59 Å². The lowest BCUT2D eigenvalue weighted by Gasteiger charge is -2.14. The van der Waals surface area contributed by atoms with Crippen LogP contribution in [0.5, 0.6) is 0 Å². The van der Waals surface area contributed by atoms with Gasteiger partial charge in [0.1, 0.15) is 12.2 Å². The molecule has 0 aromatic carbocycles. The lowest BCUT2D eigenvalue weighted by Crippen LogP contribution is -2.28. The third-order valence-electron chi connectivity index (χ3n) is 3.30. The monoisotopic (exact) mass is 291 g/mol. The SMILES string of the molecule is CC(C)OC(=O)c1cc2c(ccn2C)n1CC(=O)N(C)C. The van der Waals surface area contributed by atoms with E-state index in [-0.39, 0.29) is 18.6 Å². The summed E-state index contributed by atoms with van der Waals surface area (Å²) in [6.07, 6.45) is 1.70. The van der Waals surface area contributed by atoms with Crippen LogP contribution in [0.2, 0.25) is 0 Å². The van der Waals surface area contributed by atoms with Crippen molar-refractivity contribution >= 4 is 22.9 Å². The maximum absolute atomic E-state index is 12.2. The smallest absolute Gasteiger partial charge is 0.355 e. The zero-order valence-electron chi connectivity index (χ0n) is 13.1. The van der Waals surface area contributed by atoms with E-state index in [0.29, 0.717) is 5.69 Å². The number of ether oxygens (including phenoxy) is 1. The van der Waals surface area contributed by atoms with Crippen molar-refractivity contribution in [1.29, 1.82) is 0 Å². The van der Waals surface area contributed by atoms with E-state index in [0.717, 1.165) is 11.0 Å². The standard InChI is InChI=1S/C15H21N3O3/c1-10(2)21-15(20)13-8-12-11(6-7-17(12)5)18(13)9-14(19)16(3)4/h6-8,10H,9H2,1-5H3. The van der Waals surface area contributed by atoms with E-state index >= 15 is 0 Å². The zero-order valence-corrected chi connectivity index (χ0v) is 13.1. The van der Waals surface area contributed by atoms with Crippen LogP contribution in [0.3, 0.4) is 0 Å². The average molecular weight is 291 g/mol. The zero-order chi connectivity index (χ0) is 15.7. The van der Waals surface area contributed by atoms with Gasteiger partial charge in [-0.1, -0.05) is 0 Å². The van der Waals surface area contributed by atoms with Crippen LogP contribution in [0.4, 0.5) is 0 Å². The summed E-state index contributed by atoms with van der Waals surface area (Å²) in [7, 11) is 5.29. The molecule has 0 saturated heterocycles. The number of nitrogens with zero attached hydrogens (tertiary/aromatic N) is 3. The highest BCUT2D eigenvalue weighted by Crippen LogP contribution is 2.22. The third-order valence-corrected chi connectivity index (χ3v) is 3.30. The molecule has 0 aliphatic heterocycles. The van der Waals surface area contributed by atoms with Gasteiger partial charge in [0.25, 0.3) is 0 Å². The summed E-state index contributed by atoms with van der Waals surface area (Å²) >= 11 is 0. The molecule has 2 aromatic rings. The van der Waals surface area contributed by atoms with Crippen molar-refractivity contribution < 1.29 is 14.3 Å². The van der Waals surface area contributed by atoms with Crippen molar-refractivity contribution in [2.24, 2.45) is 7.05 Å². The van der Waals surface area contributed by atoms with E-state index < -0.39 is 5.97 Å². The number of hydrogen-bond acceptors (Lipinski definition) is 3. The average Bonchev–Trinajstić information content (AvgIpc) is 2.90. The molecule has 21 heavy (non-hydrogen) atoms. The molecular weight excluding hydrogens is 270 g/mol. The molecule has 6 nitrogen and oxygen atoms in total. The van der Waals surface area contributed by atoms with Crippen LogP contribution in [0.25, 0.3) is 11.0 Å². The van der Waals surface area contributed by atoms with Crippen molar-refractivity contribution in [3.05, 3.63) is 24.0 Å². The molecule has 0 aliphatic carbocycles. The van der Waals surface area contributed by atoms with Gasteiger partial charge in [0.2, 0.25) is 5.91 Å². The van der Waals surface area contributed by atoms with Gasteiger partial charge in [-0.05, 0) is 26.0 Å². The van der Waals surface area contributed by atoms with Crippen LogP contribution in [-0.2, 0) is 23.1 Å². The second-order valence-electron chi connectivity index (χ2n) is 5.56. The van der Waals surface area contributed by atoms with Crippen LogP contribution in [0.15, 0.2) is 18.3 Å².